The summed E-state index contributed by atoms with van der Waals surface area (Å²) in [5, 5.41) is 2.64. The fraction of sp³-hybridized carbons (Fsp3) is 0.462. The number of nitrogen functional groups attached to an aromatic ring is 1. The fourth-order valence-electron chi connectivity index (χ4n) is 1.69. The van der Waals surface area contributed by atoms with Gasteiger partial charge in [-0.25, -0.2) is 8.42 Å². The maximum atomic E-state index is 12.2. The number of carbonyl (C=O) groups excluding carboxylic acids is 1. The van der Waals surface area contributed by atoms with E-state index in [0.717, 1.165) is 12.0 Å². The van der Waals surface area contributed by atoms with Crippen LogP contribution in [-0.2, 0) is 14.8 Å². The van der Waals surface area contributed by atoms with Crippen LogP contribution >= 0.6 is 0 Å². The first-order chi connectivity index (χ1) is 9.26. The molecule has 0 radical (unpaired) electrons. The van der Waals surface area contributed by atoms with E-state index in [4.69, 9.17) is 5.73 Å². The quantitative estimate of drug-likeness (QED) is 0.675. The zero-order chi connectivity index (χ0) is 15.3. The molecule has 1 aromatic rings. The van der Waals surface area contributed by atoms with Gasteiger partial charge in [0, 0.05) is 12.2 Å². The molecule has 20 heavy (non-hydrogen) atoms. The van der Waals surface area contributed by atoms with Gasteiger partial charge in [0.1, 0.15) is 0 Å². The van der Waals surface area contributed by atoms with Gasteiger partial charge in [0.05, 0.1) is 10.9 Å². The molecule has 0 spiro atoms. The number of benzene rings is 1. The standard InChI is InChI=1S/C13H21N3O3S/c1-4-5-15-13(17)10(3)16-20(18,19)12-7-9(2)6-11(14)8-12/h6-8,10,16H,4-5,14H2,1-3H3,(H,15,17). The molecule has 0 heterocycles. The van der Waals surface area contributed by atoms with E-state index < -0.39 is 16.1 Å². The van der Waals surface area contributed by atoms with Crippen molar-refractivity contribution in [3.8, 4) is 0 Å². The van der Waals surface area contributed by atoms with Crippen LogP contribution in [0.2, 0.25) is 0 Å². The summed E-state index contributed by atoms with van der Waals surface area (Å²) in [5.74, 6) is -0.351. The molecule has 1 aromatic carbocycles. The van der Waals surface area contributed by atoms with Crippen LogP contribution < -0.4 is 15.8 Å². The van der Waals surface area contributed by atoms with Gasteiger partial charge in [0.2, 0.25) is 15.9 Å². The van der Waals surface area contributed by atoms with Crippen molar-refractivity contribution in [1.82, 2.24) is 10.0 Å². The molecule has 0 aliphatic heterocycles. The second-order valence-electron chi connectivity index (χ2n) is 4.71. The Morgan fingerprint density at radius 2 is 2.00 bits per heavy atom. The number of nitrogens with one attached hydrogen (secondary N) is 2. The van der Waals surface area contributed by atoms with Crippen molar-refractivity contribution in [3.63, 3.8) is 0 Å². The number of carbonyl (C=O) groups is 1. The zero-order valence-corrected chi connectivity index (χ0v) is 12.8. The molecule has 0 aliphatic rings. The van der Waals surface area contributed by atoms with E-state index in [1.165, 1.54) is 19.1 Å². The van der Waals surface area contributed by atoms with E-state index in [0.29, 0.717) is 12.2 Å². The molecule has 1 unspecified atom stereocenters. The van der Waals surface area contributed by atoms with E-state index in [-0.39, 0.29) is 10.8 Å². The van der Waals surface area contributed by atoms with Gasteiger partial charge >= 0.3 is 0 Å². The summed E-state index contributed by atoms with van der Waals surface area (Å²) in [6.45, 7) is 5.70. The summed E-state index contributed by atoms with van der Waals surface area (Å²) in [4.78, 5) is 11.7. The van der Waals surface area contributed by atoms with Crippen molar-refractivity contribution < 1.29 is 13.2 Å². The lowest BCUT2D eigenvalue weighted by Crippen LogP contribution is -2.44. The van der Waals surface area contributed by atoms with Gasteiger partial charge < -0.3 is 11.1 Å². The second-order valence-corrected chi connectivity index (χ2v) is 6.43. The fourth-order valence-corrected chi connectivity index (χ4v) is 3.03. The molecule has 1 atom stereocenters. The van der Waals surface area contributed by atoms with Gasteiger partial charge in [0.15, 0.2) is 0 Å². The number of rotatable bonds is 6. The Hall–Kier alpha value is -1.60. The predicted molar refractivity (Wildman–Crippen MR) is 78.7 cm³/mol. The van der Waals surface area contributed by atoms with Gasteiger partial charge in [-0.2, -0.15) is 4.72 Å². The number of hydrogen-bond donors (Lipinski definition) is 3. The summed E-state index contributed by atoms with van der Waals surface area (Å²) in [7, 11) is -3.77. The summed E-state index contributed by atoms with van der Waals surface area (Å²) in [5.41, 5.74) is 6.75. The van der Waals surface area contributed by atoms with Crippen molar-refractivity contribution in [3.05, 3.63) is 23.8 Å². The van der Waals surface area contributed by atoms with E-state index in [9.17, 15) is 13.2 Å². The van der Waals surface area contributed by atoms with E-state index >= 15 is 0 Å². The summed E-state index contributed by atoms with van der Waals surface area (Å²) >= 11 is 0. The SMILES string of the molecule is CCCNC(=O)C(C)NS(=O)(=O)c1cc(C)cc(N)c1. The second kappa shape index (κ2) is 6.71. The zero-order valence-electron chi connectivity index (χ0n) is 11.9. The minimum Gasteiger partial charge on any atom is -0.399 e. The maximum Gasteiger partial charge on any atom is 0.241 e. The van der Waals surface area contributed by atoms with Crippen LogP contribution in [-0.4, -0.2) is 26.9 Å². The minimum absolute atomic E-state index is 0.0603. The number of hydrogen-bond acceptors (Lipinski definition) is 4. The van der Waals surface area contributed by atoms with E-state index in [1.54, 1.807) is 13.0 Å². The van der Waals surface area contributed by atoms with Crippen LogP contribution in [0.5, 0.6) is 0 Å². The Kier molecular flexibility index (Phi) is 5.52. The Bertz CT molecular complexity index is 564. The average Bonchev–Trinajstić information content (AvgIpc) is 2.34. The molecule has 0 saturated heterocycles. The molecule has 1 amide bonds. The third-order valence-electron chi connectivity index (χ3n) is 2.66. The first kappa shape index (κ1) is 16.5. The monoisotopic (exact) mass is 299 g/mol. The molecule has 4 N–H and O–H groups in total. The van der Waals surface area contributed by atoms with Crippen molar-refractivity contribution in [2.75, 3.05) is 12.3 Å². The highest BCUT2D eigenvalue weighted by Gasteiger charge is 2.22. The van der Waals surface area contributed by atoms with Gasteiger partial charge in [-0.3, -0.25) is 4.79 Å². The van der Waals surface area contributed by atoms with Crippen LogP contribution in [0.15, 0.2) is 23.1 Å². The van der Waals surface area contributed by atoms with Crippen molar-refractivity contribution in [2.24, 2.45) is 0 Å². The van der Waals surface area contributed by atoms with E-state index in [2.05, 4.69) is 10.0 Å². The molecular formula is C13H21N3O3S. The number of sulfonamides is 1. The summed E-state index contributed by atoms with van der Waals surface area (Å²) in [6.07, 6.45) is 0.791. The van der Waals surface area contributed by atoms with Gasteiger partial charge in [-0.15, -0.1) is 0 Å². The normalized spacial score (nSPS) is 12.9. The smallest absolute Gasteiger partial charge is 0.241 e. The van der Waals surface area contributed by atoms with Crippen LogP contribution in [0, 0.1) is 6.92 Å². The molecule has 6 nitrogen and oxygen atoms in total. The molecule has 0 aromatic heterocycles. The van der Waals surface area contributed by atoms with Crippen LogP contribution in [0.1, 0.15) is 25.8 Å². The molecular weight excluding hydrogens is 278 g/mol. The largest absolute Gasteiger partial charge is 0.399 e. The van der Waals surface area contributed by atoms with Gasteiger partial charge in [-0.05, 0) is 44.0 Å². The predicted octanol–water partition coefficient (Wildman–Crippen LogP) is 0.770. The topological polar surface area (TPSA) is 101 Å². The van der Waals surface area contributed by atoms with Crippen LogP contribution in [0.3, 0.4) is 0 Å². The number of amides is 1. The summed E-state index contributed by atoms with van der Waals surface area (Å²) < 4.78 is 26.7. The first-order valence-electron chi connectivity index (χ1n) is 6.43. The first-order valence-corrected chi connectivity index (χ1v) is 7.91. The highest BCUT2D eigenvalue weighted by Crippen LogP contribution is 2.16. The third kappa shape index (κ3) is 4.50. The summed E-state index contributed by atoms with van der Waals surface area (Å²) in [6, 6.07) is 3.71. The molecule has 7 heteroatoms. The van der Waals surface area contributed by atoms with Gasteiger partial charge in [0.25, 0.3) is 0 Å². The number of anilines is 1. The van der Waals surface area contributed by atoms with Crippen LogP contribution in [0.25, 0.3) is 0 Å². The average molecular weight is 299 g/mol. The minimum atomic E-state index is -3.77. The Balaban J connectivity index is 2.86. The number of aryl methyl sites for hydroxylation is 1. The lowest BCUT2D eigenvalue weighted by atomic mass is 10.2. The Labute approximate surface area is 119 Å². The van der Waals surface area contributed by atoms with Crippen molar-refractivity contribution in [1.29, 1.82) is 0 Å². The van der Waals surface area contributed by atoms with Gasteiger partial charge in [-0.1, -0.05) is 6.92 Å². The third-order valence-corrected chi connectivity index (χ3v) is 4.18. The molecule has 0 saturated carbocycles. The highest BCUT2D eigenvalue weighted by atomic mass is 32.2. The van der Waals surface area contributed by atoms with E-state index in [1.807, 2.05) is 6.92 Å². The molecule has 1 rings (SSSR count). The molecule has 0 fully saturated rings. The molecule has 0 bridgehead atoms. The number of nitrogens with two attached hydrogens (primary N) is 1. The van der Waals surface area contributed by atoms with Crippen LogP contribution in [0.4, 0.5) is 5.69 Å². The van der Waals surface area contributed by atoms with Crippen molar-refractivity contribution in [2.45, 2.75) is 38.1 Å². The Morgan fingerprint density at radius 1 is 1.35 bits per heavy atom. The Morgan fingerprint density at radius 3 is 2.55 bits per heavy atom. The highest BCUT2D eigenvalue weighted by molar-refractivity contribution is 7.89. The molecule has 112 valence electrons. The molecule has 0 aliphatic carbocycles. The maximum absolute atomic E-state index is 12.2. The lowest BCUT2D eigenvalue weighted by Gasteiger charge is -2.14. The van der Waals surface area contributed by atoms with Crippen molar-refractivity contribution >= 4 is 21.6 Å². The lowest BCUT2D eigenvalue weighted by molar-refractivity contribution is -0.122.